The Labute approximate surface area is 75.8 Å². The number of carbonyl (C=O) groups is 1. The highest BCUT2D eigenvalue weighted by molar-refractivity contribution is 6.57. The van der Waals surface area contributed by atoms with Crippen LogP contribution < -0.4 is 0 Å². The molecule has 64 valence electrons. The molecule has 0 aliphatic heterocycles. The van der Waals surface area contributed by atoms with Crippen molar-refractivity contribution >= 4 is 29.2 Å². The van der Waals surface area contributed by atoms with Crippen molar-refractivity contribution in [2.24, 2.45) is 0 Å². The molecule has 0 saturated carbocycles. The van der Waals surface area contributed by atoms with Crippen LogP contribution in [0.5, 0.6) is 0 Å². The zero-order valence-corrected chi connectivity index (χ0v) is 7.91. The van der Waals surface area contributed by atoms with Gasteiger partial charge in [-0.2, -0.15) is 0 Å². The number of carboxylic acid groups (broad SMARTS) is 1. The summed E-state index contributed by atoms with van der Waals surface area (Å²) in [5.41, 5.74) is 0.997. The van der Waals surface area contributed by atoms with Crippen LogP contribution in [0.1, 0.15) is 20.3 Å². The van der Waals surface area contributed by atoms with E-state index in [2.05, 4.69) is 0 Å². The van der Waals surface area contributed by atoms with Crippen molar-refractivity contribution in [1.82, 2.24) is 0 Å². The Kier molecular flexibility index (Phi) is 3.90. The predicted octanol–water partition coefficient (Wildman–Crippen LogP) is 2.60. The molecule has 0 aliphatic carbocycles. The second-order valence-corrected chi connectivity index (χ2v) is 3.98. The number of alkyl halides is 2. The van der Waals surface area contributed by atoms with Gasteiger partial charge in [0.1, 0.15) is 0 Å². The van der Waals surface area contributed by atoms with Crippen molar-refractivity contribution in [2.45, 2.75) is 24.6 Å². The molecule has 0 aromatic rings. The van der Waals surface area contributed by atoms with Crippen molar-refractivity contribution < 1.29 is 9.90 Å². The van der Waals surface area contributed by atoms with Crippen molar-refractivity contribution in [1.29, 1.82) is 0 Å². The fourth-order valence-corrected chi connectivity index (χ4v) is 0.574. The minimum atomic E-state index is -1.68. The number of rotatable bonds is 3. The van der Waals surface area contributed by atoms with Crippen LogP contribution >= 0.6 is 23.2 Å². The Morgan fingerprint density at radius 1 is 1.55 bits per heavy atom. The summed E-state index contributed by atoms with van der Waals surface area (Å²) in [6.07, 6.45) is 1.82. The molecule has 2 nitrogen and oxygen atoms in total. The zero-order valence-electron chi connectivity index (χ0n) is 6.40. The van der Waals surface area contributed by atoms with E-state index < -0.39 is 10.3 Å². The molecule has 0 saturated heterocycles. The molecule has 0 radical (unpaired) electrons. The predicted molar refractivity (Wildman–Crippen MR) is 46.1 cm³/mol. The van der Waals surface area contributed by atoms with E-state index in [0.717, 1.165) is 5.57 Å². The van der Waals surface area contributed by atoms with E-state index in [4.69, 9.17) is 28.3 Å². The van der Waals surface area contributed by atoms with Crippen LogP contribution in [0, 0.1) is 0 Å². The molecule has 0 bridgehead atoms. The monoisotopic (exact) mass is 196 g/mol. The van der Waals surface area contributed by atoms with Gasteiger partial charge < -0.3 is 5.11 Å². The highest BCUT2D eigenvalue weighted by atomic mass is 35.5. The third-order valence-corrected chi connectivity index (χ3v) is 1.71. The summed E-state index contributed by atoms with van der Waals surface area (Å²) < 4.78 is -1.68. The van der Waals surface area contributed by atoms with E-state index in [1.165, 1.54) is 0 Å². The van der Waals surface area contributed by atoms with Crippen LogP contribution in [0.4, 0.5) is 0 Å². The van der Waals surface area contributed by atoms with Gasteiger partial charge in [-0.25, -0.2) is 4.79 Å². The number of aliphatic carboxylic acids is 1. The summed E-state index contributed by atoms with van der Waals surface area (Å²) in [6.45, 7) is 3.71. The average Bonchev–Trinajstić information content (AvgIpc) is 1.84. The summed E-state index contributed by atoms with van der Waals surface area (Å²) in [5.74, 6) is -1.21. The molecule has 0 aromatic carbocycles. The summed E-state index contributed by atoms with van der Waals surface area (Å²) in [5, 5.41) is 8.46. The Bertz CT molecular complexity index is 181. The van der Waals surface area contributed by atoms with Gasteiger partial charge in [-0.15, -0.1) is 0 Å². The molecule has 0 unspecified atom stereocenters. The molecular formula is C7H10Cl2O2. The molecule has 0 aliphatic rings. The molecule has 0 aromatic heterocycles. The third kappa shape index (κ3) is 4.27. The van der Waals surface area contributed by atoms with E-state index in [-0.39, 0.29) is 6.42 Å². The maximum absolute atomic E-state index is 10.3. The van der Waals surface area contributed by atoms with Crippen LogP contribution in [-0.4, -0.2) is 15.4 Å². The van der Waals surface area contributed by atoms with Gasteiger partial charge in [0.05, 0.1) is 0 Å². The topological polar surface area (TPSA) is 37.3 Å². The lowest BCUT2D eigenvalue weighted by atomic mass is 10.2. The Morgan fingerprint density at radius 2 is 2.00 bits per heavy atom. The van der Waals surface area contributed by atoms with E-state index >= 15 is 0 Å². The lowest BCUT2D eigenvalue weighted by Crippen LogP contribution is -2.24. The molecule has 4 heteroatoms. The molecule has 0 amide bonds. The maximum Gasteiger partial charge on any atom is 0.340 e. The standard InChI is InChI=1S/C7H10Cl2O2/c1-5(2)3-4-7(8,9)6(10)11/h3H,4H2,1-2H3,(H,10,11). The molecule has 1 N–H and O–H groups in total. The van der Waals surface area contributed by atoms with Gasteiger partial charge in [0, 0.05) is 6.42 Å². The van der Waals surface area contributed by atoms with Crippen LogP contribution in [-0.2, 0) is 4.79 Å². The largest absolute Gasteiger partial charge is 0.479 e. The van der Waals surface area contributed by atoms with Gasteiger partial charge in [-0.3, -0.25) is 0 Å². The van der Waals surface area contributed by atoms with Crippen LogP contribution in [0.15, 0.2) is 11.6 Å². The normalized spacial score (nSPS) is 10.9. The number of hydrogen-bond donors (Lipinski definition) is 1. The van der Waals surface area contributed by atoms with Crippen LogP contribution in [0.2, 0.25) is 0 Å². The van der Waals surface area contributed by atoms with E-state index in [0.29, 0.717) is 0 Å². The minimum absolute atomic E-state index is 0.133. The fraction of sp³-hybridized carbons (Fsp3) is 0.571. The SMILES string of the molecule is CC(C)=CCC(Cl)(Cl)C(=O)O. The number of allylic oxidation sites excluding steroid dienone is 2. The van der Waals surface area contributed by atoms with Crippen molar-refractivity contribution in [3.63, 3.8) is 0 Å². The minimum Gasteiger partial charge on any atom is -0.479 e. The highest BCUT2D eigenvalue weighted by Crippen LogP contribution is 2.26. The maximum atomic E-state index is 10.3. The highest BCUT2D eigenvalue weighted by Gasteiger charge is 2.31. The molecule has 0 rings (SSSR count). The lowest BCUT2D eigenvalue weighted by molar-refractivity contribution is -0.137. The van der Waals surface area contributed by atoms with Crippen LogP contribution in [0.25, 0.3) is 0 Å². The van der Waals surface area contributed by atoms with Gasteiger partial charge in [0.2, 0.25) is 4.33 Å². The molecular weight excluding hydrogens is 187 g/mol. The first kappa shape index (κ1) is 10.8. The van der Waals surface area contributed by atoms with Gasteiger partial charge in [0.25, 0.3) is 0 Å². The lowest BCUT2D eigenvalue weighted by Gasteiger charge is -2.10. The molecule has 0 fully saturated rings. The van der Waals surface area contributed by atoms with Gasteiger partial charge in [-0.05, 0) is 13.8 Å². The smallest absolute Gasteiger partial charge is 0.340 e. The van der Waals surface area contributed by atoms with Crippen molar-refractivity contribution in [2.75, 3.05) is 0 Å². The molecule has 11 heavy (non-hydrogen) atoms. The van der Waals surface area contributed by atoms with E-state index in [1.807, 2.05) is 13.8 Å². The second kappa shape index (κ2) is 3.98. The van der Waals surface area contributed by atoms with Crippen molar-refractivity contribution in [3.8, 4) is 0 Å². The molecule has 0 spiro atoms. The van der Waals surface area contributed by atoms with Crippen LogP contribution in [0.3, 0.4) is 0 Å². The number of halogens is 2. The molecule has 0 heterocycles. The Morgan fingerprint density at radius 3 is 2.27 bits per heavy atom. The number of carboxylic acids is 1. The summed E-state index contributed by atoms with van der Waals surface area (Å²) in [4.78, 5) is 10.3. The quantitative estimate of drug-likeness (QED) is 0.557. The third-order valence-electron chi connectivity index (χ3n) is 1.08. The first-order chi connectivity index (χ1) is 4.86. The first-order valence-corrected chi connectivity index (χ1v) is 3.86. The van der Waals surface area contributed by atoms with Crippen molar-refractivity contribution in [3.05, 3.63) is 11.6 Å². The summed E-state index contributed by atoms with van der Waals surface area (Å²) >= 11 is 10.9. The van der Waals surface area contributed by atoms with E-state index in [9.17, 15) is 4.79 Å². The first-order valence-electron chi connectivity index (χ1n) is 3.11. The summed E-state index contributed by atoms with van der Waals surface area (Å²) in [7, 11) is 0. The second-order valence-electron chi connectivity index (χ2n) is 2.50. The number of hydrogen-bond acceptors (Lipinski definition) is 1. The summed E-state index contributed by atoms with van der Waals surface area (Å²) in [6, 6.07) is 0. The average molecular weight is 197 g/mol. The van der Waals surface area contributed by atoms with E-state index in [1.54, 1.807) is 6.08 Å². The Balaban J connectivity index is 4.14. The van der Waals surface area contributed by atoms with Gasteiger partial charge >= 0.3 is 5.97 Å². The van der Waals surface area contributed by atoms with Gasteiger partial charge in [-0.1, -0.05) is 34.9 Å². The zero-order chi connectivity index (χ0) is 9.07. The Hall–Kier alpha value is -0.210. The fourth-order valence-electron chi connectivity index (χ4n) is 0.420. The molecule has 0 atom stereocenters. The van der Waals surface area contributed by atoms with Gasteiger partial charge in [0.15, 0.2) is 0 Å².